The van der Waals surface area contributed by atoms with Crippen molar-refractivity contribution in [2.24, 2.45) is 0 Å². The monoisotopic (exact) mass is 556 g/mol. The fourth-order valence-electron chi connectivity index (χ4n) is 3.10. The summed E-state index contributed by atoms with van der Waals surface area (Å²) in [6, 6.07) is 17.5. The molecule has 0 bridgehead atoms. The summed E-state index contributed by atoms with van der Waals surface area (Å²) in [7, 11) is 1.49. The van der Waals surface area contributed by atoms with Crippen molar-refractivity contribution in [2.75, 3.05) is 12.4 Å². The van der Waals surface area contributed by atoms with Gasteiger partial charge in [0.15, 0.2) is 11.5 Å². The standard InChI is InChI=1S/C26H22FIN2O3/c1-16-8-9-17(2)23(10-16)30-26(31)20(14-29)11-18-12-22(28)25(24(13-18)32-3)33-15-19-6-4-5-7-21(19)27/h4-13H,15H2,1-3H3,(H,30,31)/b20-11+. The SMILES string of the molecule is COc1cc(/C=C(\C#N)C(=O)Nc2cc(C)ccc2C)cc(I)c1OCc1ccccc1F. The first kappa shape index (κ1) is 24.3. The minimum atomic E-state index is -0.500. The third-order valence-electron chi connectivity index (χ3n) is 4.90. The number of methoxy groups -OCH3 is 1. The van der Waals surface area contributed by atoms with Crippen LogP contribution in [0.15, 0.2) is 60.2 Å². The van der Waals surface area contributed by atoms with Crippen molar-refractivity contribution in [1.29, 1.82) is 5.26 Å². The average Bonchev–Trinajstić information content (AvgIpc) is 2.79. The normalized spacial score (nSPS) is 11.0. The largest absolute Gasteiger partial charge is 0.493 e. The number of anilines is 1. The molecule has 3 aromatic carbocycles. The Labute approximate surface area is 206 Å². The summed E-state index contributed by atoms with van der Waals surface area (Å²) >= 11 is 2.08. The molecule has 0 spiro atoms. The Morgan fingerprint density at radius 1 is 1.18 bits per heavy atom. The lowest BCUT2D eigenvalue weighted by atomic mass is 10.1. The molecule has 0 radical (unpaired) electrons. The second kappa shape index (κ2) is 11.0. The first-order valence-electron chi connectivity index (χ1n) is 10.1. The molecule has 0 aliphatic heterocycles. The van der Waals surface area contributed by atoms with Crippen molar-refractivity contribution in [1.82, 2.24) is 0 Å². The van der Waals surface area contributed by atoms with Crippen LogP contribution in [0.5, 0.6) is 11.5 Å². The highest BCUT2D eigenvalue weighted by atomic mass is 127. The number of amides is 1. The molecule has 0 aromatic heterocycles. The van der Waals surface area contributed by atoms with E-state index in [1.807, 2.05) is 38.1 Å². The average molecular weight is 556 g/mol. The molecule has 0 heterocycles. The molecule has 0 unspecified atom stereocenters. The van der Waals surface area contributed by atoms with Crippen LogP contribution < -0.4 is 14.8 Å². The Hall–Kier alpha value is -3.38. The van der Waals surface area contributed by atoms with Crippen molar-refractivity contribution in [3.63, 3.8) is 0 Å². The second-order valence-corrected chi connectivity index (χ2v) is 8.52. The molecule has 0 saturated heterocycles. The predicted octanol–water partition coefficient (Wildman–Crippen LogP) is 6.18. The Balaban J connectivity index is 1.85. The summed E-state index contributed by atoms with van der Waals surface area (Å²) in [4.78, 5) is 12.7. The number of ether oxygens (including phenoxy) is 2. The molecule has 168 valence electrons. The van der Waals surface area contributed by atoms with E-state index in [0.29, 0.717) is 31.9 Å². The van der Waals surface area contributed by atoms with Crippen LogP contribution in [-0.2, 0) is 11.4 Å². The Morgan fingerprint density at radius 2 is 1.94 bits per heavy atom. The summed E-state index contributed by atoms with van der Waals surface area (Å²) in [5.74, 6) is 0.0215. The lowest BCUT2D eigenvalue weighted by molar-refractivity contribution is -0.112. The van der Waals surface area contributed by atoms with E-state index in [0.717, 1.165) is 11.1 Å². The highest BCUT2D eigenvalue weighted by Crippen LogP contribution is 2.35. The number of benzene rings is 3. The maximum atomic E-state index is 13.9. The molecule has 3 rings (SSSR count). The van der Waals surface area contributed by atoms with Crippen LogP contribution in [0.1, 0.15) is 22.3 Å². The summed E-state index contributed by atoms with van der Waals surface area (Å²) in [5, 5.41) is 12.4. The number of hydrogen-bond acceptors (Lipinski definition) is 4. The molecule has 5 nitrogen and oxygen atoms in total. The van der Waals surface area contributed by atoms with Crippen LogP contribution >= 0.6 is 22.6 Å². The van der Waals surface area contributed by atoms with Gasteiger partial charge in [-0.15, -0.1) is 0 Å². The zero-order chi connectivity index (χ0) is 24.0. The third-order valence-corrected chi connectivity index (χ3v) is 5.70. The Bertz CT molecular complexity index is 1260. The lowest BCUT2D eigenvalue weighted by Gasteiger charge is -2.14. The van der Waals surface area contributed by atoms with Gasteiger partial charge < -0.3 is 14.8 Å². The van der Waals surface area contributed by atoms with Crippen LogP contribution in [0.3, 0.4) is 0 Å². The van der Waals surface area contributed by atoms with Gasteiger partial charge in [-0.1, -0.05) is 30.3 Å². The summed E-state index contributed by atoms with van der Waals surface area (Å²) in [5.41, 5.74) is 3.54. The number of aryl methyl sites for hydroxylation is 2. The molecule has 0 aliphatic rings. The minimum absolute atomic E-state index is 0.0376. The van der Waals surface area contributed by atoms with Crippen LogP contribution in [0.25, 0.3) is 6.08 Å². The molecule has 0 fully saturated rings. The van der Waals surface area contributed by atoms with E-state index in [9.17, 15) is 14.4 Å². The molecule has 33 heavy (non-hydrogen) atoms. The molecule has 1 amide bonds. The fraction of sp³-hybridized carbons (Fsp3) is 0.154. The van der Waals surface area contributed by atoms with Gasteiger partial charge in [0.1, 0.15) is 24.1 Å². The van der Waals surface area contributed by atoms with E-state index in [1.54, 1.807) is 30.3 Å². The number of nitriles is 1. The Morgan fingerprint density at radius 3 is 2.64 bits per heavy atom. The van der Waals surface area contributed by atoms with E-state index < -0.39 is 5.91 Å². The maximum absolute atomic E-state index is 13.9. The molecule has 0 saturated carbocycles. The van der Waals surface area contributed by atoms with Gasteiger partial charge in [0.05, 0.1) is 10.7 Å². The summed E-state index contributed by atoms with van der Waals surface area (Å²) in [6.45, 7) is 3.86. The van der Waals surface area contributed by atoms with Gasteiger partial charge in [0.2, 0.25) is 0 Å². The van der Waals surface area contributed by atoms with Gasteiger partial charge in [0, 0.05) is 11.3 Å². The predicted molar refractivity (Wildman–Crippen MR) is 135 cm³/mol. The van der Waals surface area contributed by atoms with Crippen molar-refractivity contribution in [3.8, 4) is 17.6 Å². The van der Waals surface area contributed by atoms with Crippen LogP contribution in [0.4, 0.5) is 10.1 Å². The van der Waals surface area contributed by atoms with Crippen LogP contribution in [0, 0.1) is 34.6 Å². The molecule has 1 N–H and O–H groups in total. The highest BCUT2D eigenvalue weighted by Gasteiger charge is 2.15. The Kier molecular flexibility index (Phi) is 8.06. The zero-order valence-electron chi connectivity index (χ0n) is 18.4. The van der Waals surface area contributed by atoms with E-state index >= 15 is 0 Å². The highest BCUT2D eigenvalue weighted by molar-refractivity contribution is 14.1. The van der Waals surface area contributed by atoms with Crippen LogP contribution in [-0.4, -0.2) is 13.0 Å². The molecular formula is C26H22FIN2O3. The molecule has 0 atom stereocenters. The van der Waals surface area contributed by atoms with Gasteiger partial charge in [-0.25, -0.2) is 4.39 Å². The smallest absolute Gasteiger partial charge is 0.266 e. The number of nitrogens with one attached hydrogen (secondary N) is 1. The summed E-state index contributed by atoms with van der Waals surface area (Å²) < 4.78 is 25.9. The van der Waals surface area contributed by atoms with Crippen molar-refractivity contribution < 1.29 is 18.7 Å². The number of halogens is 2. The number of carbonyl (C=O) groups excluding carboxylic acids is 1. The number of carbonyl (C=O) groups is 1. The molecular weight excluding hydrogens is 534 g/mol. The first-order chi connectivity index (χ1) is 15.8. The van der Waals surface area contributed by atoms with Crippen molar-refractivity contribution in [3.05, 3.63) is 91.8 Å². The van der Waals surface area contributed by atoms with Gasteiger partial charge in [-0.2, -0.15) is 5.26 Å². The number of hydrogen-bond donors (Lipinski definition) is 1. The third kappa shape index (κ3) is 6.11. The zero-order valence-corrected chi connectivity index (χ0v) is 20.6. The van der Waals surface area contributed by atoms with E-state index in [1.165, 1.54) is 19.3 Å². The minimum Gasteiger partial charge on any atom is -0.493 e. The van der Waals surface area contributed by atoms with E-state index in [2.05, 4.69) is 27.9 Å². The van der Waals surface area contributed by atoms with Gasteiger partial charge in [0.25, 0.3) is 5.91 Å². The second-order valence-electron chi connectivity index (χ2n) is 7.36. The van der Waals surface area contributed by atoms with Gasteiger partial charge >= 0.3 is 0 Å². The van der Waals surface area contributed by atoms with Crippen molar-refractivity contribution >= 4 is 40.3 Å². The molecule has 0 aliphatic carbocycles. The quantitative estimate of drug-likeness (QED) is 0.214. The number of nitrogens with zero attached hydrogens (tertiary/aromatic N) is 1. The first-order valence-corrected chi connectivity index (χ1v) is 11.1. The molecule has 3 aromatic rings. The van der Waals surface area contributed by atoms with Crippen molar-refractivity contribution in [2.45, 2.75) is 20.5 Å². The maximum Gasteiger partial charge on any atom is 0.266 e. The van der Waals surface area contributed by atoms with Crippen LogP contribution in [0.2, 0.25) is 0 Å². The topological polar surface area (TPSA) is 71.3 Å². The summed E-state index contributed by atoms with van der Waals surface area (Å²) in [6.07, 6.45) is 1.49. The van der Waals surface area contributed by atoms with Gasteiger partial charge in [-0.05, 0) is 83.5 Å². The van der Waals surface area contributed by atoms with E-state index in [-0.39, 0.29) is 18.0 Å². The lowest BCUT2D eigenvalue weighted by Crippen LogP contribution is -2.14. The molecule has 7 heteroatoms. The van der Waals surface area contributed by atoms with E-state index in [4.69, 9.17) is 9.47 Å². The van der Waals surface area contributed by atoms with Gasteiger partial charge in [-0.3, -0.25) is 4.79 Å². The number of rotatable bonds is 7. The fourth-order valence-corrected chi connectivity index (χ4v) is 3.89.